The number of nitrogens with one attached hydrogen (secondary N) is 2. The van der Waals surface area contributed by atoms with Gasteiger partial charge >= 0.3 is 0 Å². The lowest BCUT2D eigenvalue weighted by molar-refractivity contribution is 0.282. The third-order valence-corrected chi connectivity index (χ3v) is 4.34. The van der Waals surface area contributed by atoms with Crippen molar-refractivity contribution < 1.29 is 13.5 Å². The van der Waals surface area contributed by atoms with Crippen LogP contribution in [-0.2, 0) is 6.54 Å². The summed E-state index contributed by atoms with van der Waals surface area (Å²) >= 11 is 0. The maximum absolute atomic E-state index is 14.2. The van der Waals surface area contributed by atoms with Gasteiger partial charge in [-0.2, -0.15) is 0 Å². The van der Waals surface area contributed by atoms with E-state index in [2.05, 4.69) is 15.6 Å². The molecular formula is C21H28F2N4O. The van der Waals surface area contributed by atoms with Crippen LogP contribution in [0.3, 0.4) is 0 Å². The summed E-state index contributed by atoms with van der Waals surface area (Å²) in [5, 5.41) is 6.35. The van der Waals surface area contributed by atoms with Crippen LogP contribution in [0.1, 0.15) is 24.1 Å². The topological polar surface area (TPSA) is 48.9 Å². The minimum absolute atomic E-state index is 0.0472. The van der Waals surface area contributed by atoms with Crippen molar-refractivity contribution >= 4 is 5.96 Å². The Labute approximate surface area is 165 Å². The molecule has 7 heteroatoms. The number of likely N-dealkylation sites (N-methyl/N-ethyl adjacent to an activating group) is 1. The van der Waals surface area contributed by atoms with Gasteiger partial charge in [-0.15, -0.1) is 0 Å². The largest absolute Gasteiger partial charge is 0.497 e. The van der Waals surface area contributed by atoms with Crippen LogP contribution in [0.25, 0.3) is 0 Å². The molecule has 1 atom stereocenters. The van der Waals surface area contributed by atoms with Crippen LogP contribution in [0.4, 0.5) is 8.78 Å². The molecular weight excluding hydrogens is 362 g/mol. The minimum atomic E-state index is -0.555. The zero-order chi connectivity index (χ0) is 20.5. The predicted molar refractivity (Wildman–Crippen MR) is 109 cm³/mol. The van der Waals surface area contributed by atoms with E-state index in [-0.39, 0.29) is 5.56 Å². The molecule has 2 aromatic carbocycles. The van der Waals surface area contributed by atoms with Gasteiger partial charge in [-0.25, -0.2) is 13.8 Å². The number of ether oxygens (including phenoxy) is 1. The van der Waals surface area contributed by atoms with E-state index in [4.69, 9.17) is 4.74 Å². The van der Waals surface area contributed by atoms with Crippen molar-refractivity contribution in [1.29, 1.82) is 0 Å². The molecule has 0 saturated heterocycles. The van der Waals surface area contributed by atoms with Crippen molar-refractivity contribution in [3.8, 4) is 5.75 Å². The first-order valence-corrected chi connectivity index (χ1v) is 9.21. The maximum Gasteiger partial charge on any atom is 0.191 e. The van der Waals surface area contributed by atoms with E-state index in [1.807, 2.05) is 31.2 Å². The molecule has 0 heterocycles. The fraction of sp³-hybridized carbons (Fsp3) is 0.381. The molecule has 2 rings (SSSR count). The fourth-order valence-electron chi connectivity index (χ4n) is 2.81. The van der Waals surface area contributed by atoms with E-state index in [9.17, 15) is 8.78 Å². The molecule has 0 bridgehead atoms. The lowest BCUT2D eigenvalue weighted by Gasteiger charge is -2.26. The average molecular weight is 390 g/mol. The van der Waals surface area contributed by atoms with Crippen molar-refractivity contribution in [1.82, 2.24) is 15.5 Å². The van der Waals surface area contributed by atoms with E-state index in [0.717, 1.165) is 11.3 Å². The molecule has 0 aliphatic carbocycles. The van der Waals surface area contributed by atoms with Crippen LogP contribution in [0.2, 0.25) is 0 Å². The second-order valence-corrected chi connectivity index (χ2v) is 6.54. The molecule has 1 unspecified atom stereocenters. The summed E-state index contributed by atoms with van der Waals surface area (Å²) in [4.78, 5) is 6.34. The fourth-order valence-corrected chi connectivity index (χ4v) is 2.81. The first-order valence-electron chi connectivity index (χ1n) is 9.21. The van der Waals surface area contributed by atoms with Crippen LogP contribution < -0.4 is 15.4 Å². The van der Waals surface area contributed by atoms with Crippen LogP contribution >= 0.6 is 0 Å². The Hall–Kier alpha value is -2.67. The lowest BCUT2D eigenvalue weighted by atomic mass is 10.0. The summed E-state index contributed by atoms with van der Waals surface area (Å²) < 4.78 is 33.6. The smallest absolute Gasteiger partial charge is 0.191 e. The van der Waals surface area contributed by atoms with Gasteiger partial charge in [0.25, 0.3) is 0 Å². The summed E-state index contributed by atoms with van der Waals surface area (Å²) in [6.07, 6.45) is 0. The monoisotopic (exact) mass is 390 g/mol. The lowest BCUT2D eigenvalue weighted by Crippen LogP contribution is -2.42. The van der Waals surface area contributed by atoms with E-state index in [1.165, 1.54) is 18.2 Å². The van der Waals surface area contributed by atoms with Gasteiger partial charge in [-0.05, 0) is 50.8 Å². The third kappa shape index (κ3) is 5.92. The van der Waals surface area contributed by atoms with E-state index < -0.39 is 17.7 Å². The molecule has 5 nitrogen and oxygen atoms in total. The number of hydrogen-bond acceptors (Lipinski definition) is 3. The molecule has 0 saturated carbocycles. The molecule has 0 aliphatic rings. The Bertz CT molecular complexity index is 758. The SMILES string of the molecule is CCNC(=NCc1ccc(OC)cc1)NCC(c1c(F)cccc1F)N(C)C. The molecule has 0 aliphatic heterocycles. The average Bonchev–Trinajstić information content (AvgIpc) is 2.68. The van der Waals surface area contributed by atoms with Crippen molar-refractivity contribution in [2.45, 2.75) is 19.5 Å². The van der Waals surface area contributed by atoms with Crippen LogP contribution in [0, 0.1) is 11.6 Å². The van der Waals surface area contributed by atoms with Gasteiger partial charge < -0.3 is 20.3 Å². The summed E-state index contributed by atoms with van der Waals surface area (Å²) in [5.41, 5.74) is 1.08. The van der Waals surface area contributed by atoms with Gasteiger partial charge in [0.2, 0.25) is 0 Å². The van der Waals surface area contributed by atoms with Crippen molar-refractivity contribution in [2.24, 2.45) is 4.99 Å². The van der Waals surface area contributed by atoms with Gasteiger partial charge in [-0.1, -0.05) is 18.2 Å². The molecule has 152 valence electrons. The molecule has 0 aromatic heterocycles. The Morgan fingerprint density at radius 3 is 2.25 bits per heavy atom. The van der Waals surface area contributed by atoms with E-state index >= 15 is 0 Å². The number of rotatable bonds is 8. The quantitative estimate of drug-likeness (QED) is 0.536. The Morgan fingerprint density at radius 1 is 1.07 bits per heavy atom. The second kappa shape index (κ2) is 10.6. The zero-order valence-electron chi connectivity index (χ0n) is 16.8. The second-order valence-electron chi connectivity index (χ2n) is 6.54. The number of benzene rings is 2. The Morgan fingerprint density at radius 2 is 1.71 bits per heavy atom. The third-order valence-electron chi connectivity index (χ3n) is 4.34. The van der Waals surface area contributed by atoms with Gasteiger partial charge in [0, 0.05) is 18.7 Å². The molecule has 0 fully saturated rings. The minimum Gasteiger partial charge on any atom is -0.497 e. The highest BCUT2D eigenvalue weighted by Gasteiger charge is 2.22. The highest BCUT2D eigenvalue weighted by atomic mass is 19.1. The maximum atomic E-state index is 14.2. The zero-order valence-corrected chi connectivity index (χ0v) is 16.8. The van der Waals surface area contributed by atoms with Crippen molar-refractivity contribution in [3.05, 3.63) is 65.2 Å². The highest BCUT2D eigenvalue weighted by Crippen LogP contribution is 2.23. The van der Waals surface area contributed by atoms with Crippen molar-refractivity contribution in [3.63, 3.8) is 0 Å². The normalized spacial score (nSPS) is 12.8. The van der Waals surface area contributed by atoms with Crippen LogP contribution in [0.5, 0.6) is 5.75 Å². The molecule has 28 heavy (non-hydrogen) atoms. The number of nitrogens with zero attached hydrogens (tertiary/aromatic N) is 2. The highest BCUT2D eigenvalue weighted by molar-refractivity contribution is 5.79. The molecule has 0 amide bonds. The van der Waals surface area contributed by atoms with Crippen LogP contribution in [-0.4, -0.2) is 45.2 Å². The Balaban J connectivity index is 2.10. The van der Waals surface area contributed by atoms with Crippen LogP contribution in [0.15, 0.2) is 47.5 Å². The first-order chi connectivity index (χ1) is 13.5. The van der Waals surface area contributed by atoms with Crippen molar-refractivity contribution in [2.75, 3.05) is 34.3 Å². The summed E-state index contributed by atoms with van der Waals surface area (Å²) in [6, 6.07) is 11.1. The number of guanidine groups is 1. The van der Waals surface area contributed by atoms with Gasteiger partial charge in [0.1, 0.15) is 17.4 Å². The van der Waals surface area contributed by atoms with Gasteiger partial charge in [0.15, 0.2) is 5.96 Å². The van der Waals surface area contributed by atoms with E-state index in [0.29, 0.717) is 25.6 Å². The number of methoxy groups -OCH3 is 1. The number of halogens is 2. The summed E-state index contributed by atoms with van der Waals surface area (Å²) in [6.45, 7) is 3.42. The summed E-state index contributed by atoms with van der Waals surface area (Å²) in [7, 11) is 5.21. The molecule has 2 N–H and O–H groups in total. The van der Waals surface area contributed by atoms with E-state index in [1.54, 1.807) is 26.1 Å². The molecule has 0 spiro atoms. The Kier molecular flexibility index (Phi) is 8.19. The molecule has 0 radical (unpaired) electrons. The number of hydrogen-bond donors (Lipinski definition) is 2. The standard InChI is InChI=1S/C21H28F2N4O/c1-5-24-21(25-13-15-9-11-16(28-4)12-10-15)26-14-19(27(2)3)20-17(22)7-6-8-18(20)23/h6-12,19H,5,13-14H2,1-4H3,(H2,24,25,26). The molecule has 2 aromatic rings. The van der Waals surface area contributed by atoms with Gasteiger partial charge in [0.05, 0.1) is 19.7 Å². The first kappa shape index (κ1) is 21.6. The van der Waals surface area contributed by atoms with Gasteiger partial charge in [-0.3, -0.25) is 0 Å². The summed E-state index contributed by atoms with van der Waals surface area (Å²) in [5.74, 6) is 0.266. The predicted octanol–water partition coefficient (Wildman–Crippen LogP) is 3.33. The number of aliphatic imine (C=N–C) groups is 1.